The van der Waals surface area contributed by atoms with E-state index in [1.54, 1.807) is 14.2 Å². The van der Waals surface area contributed by atoms with Crippen LogP contribution in [0.15, 0.2) is 85.2 Å². The van der Waals surface area contributed by atoms with E-state index in [-0.39, 0.29) is 5.69 Å². The number of hydrogen-bond donors (Lipinski definition) is 0. The molecule has 0 saturated carbocycles. The maximum atomic E-state index is 13.2. The summed E-state index contributed by atoms with van der Waals surface area (Å²) in [6.07, 6.45) is 4.07. The minimum absolute atomic E-state index is 0.277. The number of methoxy groups -OCH3 is 2. The van der Waals surface area contributed by atoms with Gasteiger partial charge in [-0.25, -0.2) is 9.78 Å². The zero-order valence-electron chi connectivity index (χ0n) is 23.0. The Labute approximate surface area is 228 Å². The summed E-state index contributed by atoms with van der Waals surface area (Å²) in [6, 6.07) is 23.9. The van der Waals surface area contributed by atoms with E-state index in [0.29, 0.717) is 13.1 Å². The first-order valence-corrected chi connectivity index (χ1v) is 12.9. The smallest absolute Gasteiger partial charge is 0.357 e. The standard InChI is InChI=1S/C32H33N3O4/c1-32(2,3)39-31(36)27-19-29-26(16-18-35(29)21-23-10-14-25(38-5)15-11-23)30(33-27)28-7-6-17-34(28)20-22-8-12-24(37-4)13-9-22/h6-19H,20-21H2,1-5H3. The Kier molecular flexibility index (Phi) is 7.15. The first kappa shape index (κ1) is 26.1. The second-order valence-corrected chi connectivity index (χ2v) is 10.5. The number of carbonyl (C=O) groups excluding carboxylic acids is 1. The number of carbonyl (C=O) groups is 1. The van der Waals surface area contributed by atoms with Crippen molar-refractivity contribution >= 4 is 16.9 Å². The molecule has 0 bridgehead atoms. The number of nitrogens with zero attached hydrogens (tertiary/aromatic N) is 3. The van der Waals surface area contributed by atoms with Crippen LogP contribution in [-0.2, 0) is 17.8 Å². The van der Waals surface area contributed by atoms with Crippen LogP contribution in [-0.4, -0.2) is 39.9 Å². The Morgan fingerprint density at radius 1 is 0.795 bits per heavy atom. The molecule has 7 nitrogen and oxygen atoms in total. The number of hydrogen-bond acceptors (Lipinski definition) is 5. The van der Waals surface area contributed by atoms with Gasteiger partial charge in [0, 0.05) is 30.9 Å². The summed E-state index contributed by atoms with van der Waals surface area (Å²) in [6.45, 7) is 6.86. The van der Waals surface area contributed by atoms with Crippen LogP contribution in [0, 0.1) is 0 Å². The molecule has 3 heterocycles. The molecule has 7 heteroatoms. The monoisotopic (exact) mass is 523 g/mol. The molecule has 0 saturated heterocycles. The third-order valence-electron chi connectivity index (χ3n) is 6.47. The Morgan fingerprint density at radius 3 is 1.95 bits per heavy atom. The van der Waals surface area contributed by atoms with Crippen molar-refractivity contribution in [1.82, 2.24) is 14.1 Å². The molecule has 0 aliphatic carbocycles. The van der Waals surface area contributed by atoms with Crippen molar-refractivity contribution in [1.29, 1.82) is 0 Å². The van der Waals surface area contributed by atoms with E-state index in [0.717, 1.165) is 44.9 Å². The van der Waals surface area contributed by atoms with Crippen LogP contribution >= 0.6 is 0 Å². The van der Waals surface area contributed by atoms with E-state index in [2.05, 4.69) is 15.2 Å². The highest BCUT2D eigenvalue weighted by Gasteiger charge is 2.23. The summed E-state index contributed by atoms with van der Waals surface area (Å²) >= 11 is 0. The Bertz CT molecular complexity index is 1590. The van der Waals surface area contributed by atoms with Crippen molar-refractivity contribution in [2.75, 3.05) is 14.2 Å². The molecule has 200 valence electrons. The van der Waals surface area contributed by atoms with E-state index in [1.165, 1.54) is 0 Å². The minimum Gasteiger partial charge on any atom is -0.497 e. The van der Waals surface area contributed by atoms with E-state index in [1.807, 2.05) is 99.9 Å². The highest BCUT2D eigenvalue weighted by molar-refractivity contribution is 5.98. The predicted molar refractivity (Wildman–Crippen MR) is 153 cm³/mol. The van der Waals surface area contributed by atoms with Crippen LogP contribution < -0.4 is 9.47 Å². The molecule has 0 radical (unpaired) electrons. The van der Waals surface area contributed by atoms with Gasteiger partial charge in [-0.1, -0.05) is 24.3 Å². The van der Waals surface area contributed by atoms with Crippen molar-refractivity contribution in [2.24, 2.45) is 0 Å². The maximum Gasteiger partial charge on any atom is 0.357 e. The molecule has 0 unspecified atom stereocenters. The lowest BCUT2D eigenvalue weighted by Crippen LogP contribution is -2.24. The Balaban J connectivity index is 1.58. The van der Waals surface area contributed by atoms with Crippen LogP contribution in [0.2, 0.25) is 0 Å². The third kappa shape index (κ3) is 5.82. The van der Waals surface area contributed by atoms with Crippen LogP contribution in [0.3, 0.4) is 0 Å². The SMILES string of the molecule is COc1ccc(Cn2cccc2-c2nc(C(=O)OC(C)(C)C)cc3c2ccn3Cc2ccc(OC)cc2)cc1. The Morgan fingerprint density at radius 2 is 1.38 bits per heavy atom. The topological polar surface area (TPSA) is 67.5 Å². The van der Waals surface area contributed by atoms with Crippen molar-refractivity contribution < 1.29 is 19.0 Å². The van der Waals surface area contributed by atoms with Gasteiger partial charge in [-0.15, -0.1) is 0 Å². The Hall–Kier alpha value is -4.52. The summed E-state index contributed by atoms with van der Waals surface area (Å²) in [5.74, 6) is 1.18. The molecule has 0 fully saturated rings. The van der Waals surface area contributed by atoms with E-state index >= 15 is 0 Å². The summed E-state index contributed by atoms with van der Waals surface area (Å²) in [4.78, 5) is 18.1. The fourth-order valence-corrected chi connectivity index (χ4v) is 4.58. The lowest BCUT2D eigenvalue weighted by atomic mass is 10.1. The molecule has 2 aromatic carbocycles. The molecule has 0 aliphatic rings. The van der Waals surface area contributed by atoms with E-state index in [9.17, 15) is 4.79 Å². The number of fused-ring (bicyclic) bond motifs is 1. The van der Waals surface area contributed by atoms with E-state index < -0.39 is 11.6 Å². The predicted octanol–water partition coefficient (Wildman–Crippen LogP) is 6.57. The van der Waals surface area contributed by atoms with Gasteiger partial charge in [-0.05, 0) is 80.4 Å². The lowest BCUT2D eigenvalue weighted by Gasteiger charge is -2.20. The van der Waals surface area contributed by atoms with Gasteiger partial charge in [-0.3, -0.25) is 0 Å². The molecule has 39 heavy (non-hydrogen) atoms. The first-order chi connectivity index (χ1) is 18.7. The number of aromatic nitrogens is 3. The number of benzene rings is 2. The normalized spacial score (nSPS) is 11.5. The van der Waals surface area contributed by atoms with Gasteiger partial charge in [-0.2, -0.15) is 0 Å². The molecule has 5 aromatic rings. The molecule has 0 spiro atoms. The van der Waals surface area contributed by atoms with Crippen LogP contribution in [0.1, 0.15) is 42.4 Å². The number of pyridine rings is 1. The number of rotatable bonds is 8. The number of esters is 1. The van der Waals surface area contributed by atoms with Crippen molar-refractivity contribution in [2.45, 2.75) is 39.5 Å². The maximum absolute atomic E-state index is 13.2. The molecule has 0 N–H and O–H groups in total. The molecular formula is C32H33N3O4. The highest BCUT2D eigenvalue weighted by atomic mass is 16.6. The van der Waals surface area contributed by atoms with Gasteiger partial charge in [0.15, 0.2) is 5.69 Å². The molecule has 3 aromatic heterocycles. The number of ether oxygens (including phenoxy) is 3. The third-order valence-corrected chi connectivity index (χ3v) is 6.47. The van der Waals surface area contributed by atoms with Crippen LogP contribution in [0.5, 0.6) is 11.5 Å². The molecular weight excluding hydrogens is 490 g/mol. The average molecular weight is 524 g/mol. The van der Waals surface area contributed by atoms with Gasteiger partial charge >= 0.3 is 5.97 Å². The summed E-state index contributed by atoms with van der Waals surface area (Å²) in [7, 11) is 3.32. The molecule has 0 atom stereocenters. The van der Waals surface area contributed by atoms with Crippen molar-refractivity contribution in [3.8, 4) is 22.9 Å². The van der Waals surface area contributed by atoms with Crippen molar-refractivity contribution in [3.05, 3.63) is 102 Å². The average Bonchev–Trinajstić information content (AvgIpc) is 3.55. The van der Waals surface area contributed by atoms with Crippen LogP contribution in [0.25, 0.3) is 22.3 Å². The molecule has 0 amide bonds. The van der Waals surface area contributed by atoms with Crippen LogP contribution in [0.4, 0.5) is 0 Å². The van der Waals surface area contributed by atoms with Crippen molar-refractivity contribution in [3.63, 3.8) is 0 Å². The minimum atomic E-state index is -0.631. The zero-order valence-corrected chi connectivity index (χ0v) is 23.0. The molecule has 0 aliphatic heterocycles. The summed E-state index contributed by atoms with van der Waals surface area (Å²) in [5.41, 5.74) is 4.46. The fraction of sp³-hybridized carbons (Fsp3) is 0.250. The highest BCUT2D eigenvalue weighted by Crippen LogP contribution is 2.31. The van der Waals surface area contributed by atoms with Gasteiger partial charge in [0.2, 0.25) is 0 Å². The van der Waals surface area contributed by atoms with E-state index in [4.69, 9.17) is 19.2 Å². The lowest BCUT2D eigenvalue weighted by molar-refractivity contribution is 0.00631. The quantitative estimate of drug-likeness (QED) is 0.215. The summed E-state index contributed by atoms with van der Waals surface area (Å²) in [5, 5.41) is 0.963. The second kappa shape index (κ2) is 10.7. The fourth-order valence-electron chi connectivity index (χ4n) is 4.58. The van der Waals surface area contributed by atoms with Gasteiger partial charge in [0.05, 0.1) is 31.1 Å². The molecule has 5 rings (SSSR count). The summed E-state index contributed by atoms with van der Waals surface area (Å²) < 4.78 is 20.6. The van der Waals surface area contributed by atoms with Gasteiger partial charge < -0.3 is 23.3 Å². The largest absolute Gasteiger partial charge is 0.497 e. The van der Waals surface area contributed by atoms with Gasteiger partial charge in [0.1, 0.15) is 17.1 Å². The second-order valence-electron chi connectivity index (χ2n) is 10.5. The van der Waals surface area contributed by atoms with Gasteiger partial charge in [0.25, 0.3) is 0 Å². The zero-order chi connectivity index (χ0) is 27.6. The first-order valence-electron chi connectivity index (χ1n) is 12.9.